The van der Waals surface area contributed by atoms with Crippen LogP contribution in [0.25, 0.3) is 0 Å². The van der Waals surface area contributed by atoms with Gasteiger partial charge in [0, 0.05) is 29.7 Å². The van der Waals surface area contributed by atoms with Crippen LogP contribution in [0.3, 0.4) is 0 Å². The Morgan fingerprint density at radius 3 is 2.61 bits per heavy atom. The summed E-state index contributed by atoms with van der Waals surface area (Å²) in [5.74, 6) is 0.156. The SMILES string of the molecule is Cn1nnc(CN(Cc2ccc([N+](=O)[O-])cc2)C(=O)NCC(=O)N2CCCC2c2ccccc2Br)n1. The summed E-state index contributed by atoms with van der Waals surface area (Å²) < 4.78 is 0.949. The molecule has 4 rings (SSSR count). The van der Waals surface area contributed by atoms with Crippen LogP contribution in [0.5, 0.6) is 0 Å². The van der Waals surface area contributed by atoms with Crippen LogP contribution in [-0.4, -0.2) is 60.0 Å². The Kier molecular flexibility index (Phi) is 7.88. The molecule has 0 aliphatic carbocycles. The second kappa shape index (κ2) is 11.2. The predicted octanol–water partition coefficient (Wildman–Crippen LogP) is 2.96. The van der Waals surface area contributed by atoms with E-state index in [1.54, 1.807) is 24.1 Å². The third-order valence-corrected chi connectivity index (χ3v) is 6.64. The van der Waals surface area contributed by atoms with Gasteiger partial charge in [-0.25, -0.2) is 4.79 Å². The van der Waals surface area contributed by atoms with E-state index in [-0.39, 0.29) is 37.3 Å². The molecule has 2 heterocycles. The third kappa shape index (κ3) is 6.03. The predicted molar refractivity (Wildman–Crippen MR) is 132 cm³/mol. The van der Waals surface area contributed by atoms with Gasteiger partial charge in [-0.15, -0.1) is 10.2 Å². The highest BCUT2D eigenvalue weighted by Crippen LogP contribution is 2.35. The van der Waals surface area contributed by atoms with Crippen molar-refractivity contribution in [1.82, 2.24) is 35.3 Å². The molecule has 1 unspecified atom stereocenters. The van der Waals surface area contributed by atoms with Crippen molar-refractivity contribution in [3.8, 4) is 0 Å². The number of non-ortho nitro benzene ring substituents is 1. The van der Waals surface area contributed by atoms with Crippen molar-refractivity contribution in [1.29, 1.82) is 0 Å². The van der Waals surface area contributed by atoms with Gasteiger partial charge in [0.25, 0.3) is 5.69 Å². The summed E-state index contributed by atoms with van der Waals surface area (Å²) in [5.41, 5.74) is 1.68. The molecule has 1 aliphatic heterocycles. The maximum atomic E-state index is 13.1. The molecule has 1 N–H and O–H groups in total. The molecule has 12 nitrogen and oxygen atoms in total. The van der Waals surface area contributed by atoms with Crippen molar-refractivity contribution < 1.29 is 14.5 Å². The first kappa shape index (κ1) is 25.2. The molecule has 0 spiro atoms. The molecular formula is C23H25BrN8O4. The maximum absolute atomic E-state index is 13.1. The molecule has 1 aliphatic rings. The summed E-state index contributed by atoms with van der Waals surface area (Å²) in [5, 5.41) is 25.5. The third-order valence-electron chi connectivity index (χ3n) is 5.92. The normalized spacial score (nSPS) is 15.1. The average Bonchev–Trinajstić information content (AvgIpc) is 3.51. The molecule has 2 aromatic carbocycles. The highest BCUT2D eigenvalue weighted by atomic mass is 79.9. The summed E-state index contributed by atoms with van der Waals surface area (Å²) in [6, 6.07) is 13.2. The maximum Gasteiger partial charge on any atom is 0.318 e. The van der Waals surface area contributed by atoms with Crippen molar-refractivity contribution in [3.63, 3.8) is 0 Å². The van der Waals surface area contributed by atoms with Crippen LogP contribution >= 0.6 is 15.9 Å². The van der Waals surface area contributed by atoms with Gasteiger partial charge in [-0.2, -0.15) is 4.80 Å². The number of hydrogen-bond donors (Lipinski definition) is 1. The van der Waals surface area contributed by atoms with E-state index < -0.39 is 11.0 Å². The molecule has 0 radical (unpaired) electrons. The molecule has 1 aromatic heterocycles. The Morgan fingerprint density at radius 2 is 1.94 bits per heavy atom. The first-order chi connectivity index (χ1) is 17.3. The molecule has 3 aromatic rings. The van der Waals surface area contributed by atoms with Gasteiger partial charge >= 0.3 is 6.03 Å². The van der Waals surface area contributed by atoms with Gasteiger partial charge in [0.15, 0.2) is 5.82 Å². The van der Waals surface area contributed by atoms with Crippen LogP contribution in [0.15, 0.2) is 53.0 Å². The van der Waals surface area contributed by atoms with Gasteiger partial charge < -0.3 is 15.1 Å². The minimum atomic E-state index is -0.483. The molecule has 1 atom stereocenters. The zero-order chi connectivity index (χ0) is 25.7. The number of rotatable bonds is 8. The Hall–Kier alpha value is -3.87. The topological polar surface area (TPSA) is 139 Å². The van der Waals surface area contributed by atoms with Gasteiger partial charge in [0.2, 0.25) is 5.91 Å². The summed E-state index contributed by atoms with van der Waals surface area (Å²) in [4.78, 5) is 41.1. The number of likely N-dealkylation sites (tertiary alicyclic amines) is 1. The summed E-state index contributed by atoms with van der Waals surface area (Å²) >= 11 is 3.57. The first-order valence-corrected chi connectivity index (χ1v) is 12.1. The van der Waals surface area contributed by atoms with Crippen LogP contribution in [0, 0.1) is 10.1 Å². The number of nitro benzene ring substituents is 1. The quantitative estimate of drug-likeness (QED) is 0.332. The Bertz CT molecular complexity index is 1250. The average molecular weight is 557 g/mol. The standard InChI is InChI=1S/C23H25BrN8O4/c1-29-27-21(26-28-29)15-30(14-16-8-10-17(11-9-16)32(35)36)23(34)25-13-22(33)31-12-4-7-20(31)18-5-2-3-6-19(18)24/h2-3,5-6,8-11,20H,4,7,12-15H2,1H3,(H,25,34). The lowest BCUT2D eigenvalue weighted by atomic mass is 10.0. The van der Waals surface area contributed by atoms with Crippen molar-refractivity contribution in [3.05, 3.63) is 80.1 Å². The van der Waals surface area contributed by atoms with Crippen LogP contribution < -0.4 is 5.32 Å². The van der Waals surface area contributed by atoms with E-state index in [0.29, 0.717) is 17.9 Å². The molecule has 1 saturated heterocycles. The monoisotopic (exact) mass is 556 g/mol. The fourth-order valence-electron chi connectivity index (χ4n) is 4.20. The zero-order valence-electron chi connectivity index (χ0n) is 19.6. The Morgan fingerprint density at radius 1 is 1.19 bits per heavy atom. The summed E-state index contributed by atoms with van der Waals surface area (Å²) in [6.07, 6.45) is 1.74. The van der Waals surface area contributed by atoms with Crippen molar-refractivity contribution in [2.24, 2.45) is 7.05 Å². The van der Waals surface area contributed by atoms with E-state index in [2.05, 4.69) is 36.7 Å². The van der Waals surface area contributed by atoms with E-state index in [4.69, 9.17) is 0 Å². The molecule has 0 saturated carbocycles. The number of carbonyl (C=O) groups is 2. The largest absolute Gasteiger partial charge is 0.334 e. The van der Waals surface area contributed by atoms with Gasteiger partial charge in [-0.05, 0) is 35.2 Å². The minimum Gasteiger partial charge on any atom is -0.334 e. The molecule has 0 bridgehead atoms. The number of nitrogens with one attached hydrogen (secondary N) is 1. The number of halogens is 1. The minimum absolute atomic E-state index is 0.0406. The first-order valence-electron chi connectivity index (χ1n) is 11.3. The summed E-state index contributed by atoms with van der Waals surface area (Å²) in [7, 11) is 1.62. The van der Waals surface area contributed by atoms with Crippen LogP contribution in [0.2, 0.25) is 0 Å². The number of nitrogens with zero attached hydrogens (tertiary/aromatic N) is 7. The lowest BCUT2D eigenvalue weighted by molar-refractivity contribution is -0.384. The van der Waals surface area contributed by atoms with Crippen LogP contribution in [0.1, 0.15) is 35.8 Å². The van der Waals surface area contributed by atoms with E-state index in [1.165, 1.54) is 21.8 Å². The smallest absolute Gasteiger partial charge is 0.318 e. The fourth-order valence-corrected chi connectivity index (χ4v) is 4.75. The highest BCUT2D eigenvalue weighted by Gasteiger charge is 2.31. The van der Waals surface area contributed by atoms with Gasteiger partial charge in [0.05, 0.1) is 31.1 Å². The number of benzene rings is 2. The number of amides is 3. The number of tetrazole rings is 1. The molecule has 13 heteroatoms. The van der Waals surface area contributed by atoms with Gasteiger partial charge in [-0.1, -0.05) is 46.3 Å². The lowest BCUT2D eigenvalue weighted by Crippen LogP contribution is -2.45. The number of carbonyl (C=O) groups excluding carboxylic acids is 2. The molecular weight excluding hydrogens is 532 g/mol. The fraction of sp³-hybridized carbons (Fsp3) is 0.348. The van der Waals surface area contributed by atoms with Crippen molar-refractivity contribution in [2.75, 3.05) is 13.1 Å². The van der Waals surface area contributed by atoms with Crippen LogP contribution in [-0.2, 0) is 24.9 Å². The molecule has 36 heavy (non-hydrogen) atoms. The zero-order valence-corrected chi connectivity index (χ0v) is 21.2. The molecule has 3 amide bonds. The molecule has 1 fully saturated rings. The summed E-state index contributed by atoms with van der Waals surface area (Å²) in [6.45, 7) is 0.648. The van der Waals surface area contributed by atoms with E-state index in [1.807, 2.05) is 24.3 Å². The van der Waals surface area contributed by atoms with Gasteiger partial charge in [0.1, 0.15) is 0 Å². The van der Waals surface area contributed by atoms with E-state index >= 15 is 0 Å². The highest BCUT2D eigenvalue weighted by molar-refractivity contribution is 9.10. The van der Waals surface area contributed by atoms with Crippen molar-refractivity contribution in [2.45, 2.75) is 32.0 Å². The number of hydrogen-bond acceptors (Lipinski definition) is 7. The van der Waals surface area contributed by atoms with E-state index in [0.717, 1.165) is 22.9 Å². The van der Waals surface area contributed by atoms with Crippen molar-refractivity contribution >= 4 is 33.6 Å². The number of nitro groups is 1. The second-order valence-corrected chi connectivity index (χ2v) is 9.25. The Labute approximate surface area is 215 Å². The van der Waals surface area contributed by atoms with Crippen LogP contribution in [0.4, 0.5) is 10.5 Å². The number of urea groups is 1. The number of aromatic nitrogens is 4. The second-order valence-electron chi connectivity index (χ2n) is 8.40. The lowest BCUT2D eigenvalue weighted by Gasteiger charge is -2.27. The van der Waals surface area contributed by atoms with E-state index in [9.17, 15) is 19.7 Å². The molecule has 188 valence electrons. The number of aryl methyl sites for hydroxylation is 1. The Balaban J connectivity index is 1.43. The van der Waals surface area contributed by atoms with Gasteiger partial charge in [-0.3, -0.25) is 14.9 Å².